The number of rotatable bonds is 5. The summed E-state index contributed by atoms with van der Waals surface area (Å²) in [7, 11) is 1.34. The van der Waals surface area contributed by atoms with Gasteiger partial charge in [0, 0.05) is 24.1 Å². The summed E-state index contributed by atoms with van der Waals surface area (Å²) in [6.45, 7) is 3.24. The van der Waals surface area contributed by atoms with Gasteiger partial charge in [-0.15, -0.1) is 11.3 Å². The van der Waals surface area contributed by atoms with Crippen LogP contribution in [0.1, 0.15) is 26.8 Å². The maximum absolute atomic E-state index is 12.6. The summed E-state index contributed by atoms with van der Waals surface area (Å²) in [4.78, 5) is 27.0. The van der Waals surface area contributed by atoms with Crippen LogP contribution in [-0.2, 0) is 9.53 Å². The van der Waals surface area contributed by atoms with Gasteiger partial charge in [-0.25, -0.2) is 4.79 Å². The van der Waals surface area contributed by atoms with E-state index in [1.165, 1.54) is 29.6 Å². The Bertz CT molecular complexity index is 773. The van der Waals surface area contributed by atoms with Gasteiger partial charge in [0.1, 0.15) is 4.88 Å². The molecule has 0 bridgehead atoms. The first-order chi connectivity index (χ1) is 12.6. The minimum Gasteiger partial charge on any atom is -0.465 e. The Labute approximate surface area is 161 Å². The van der Waals surface area contributed by atoms with Crippen LogP contribution in [0.25, 0.3) is 0 Å². The highest BCUT2D eigenvalue weighted by Gasteiger charge is 2.26. The maximum Gasteiger partial charge on any atom is 0.350 e. The van der Waals surface area contributed by atoms with Gasteiger partial charge >= 0.3 is 5.97 Å². The molecule has 1 N–H and O–H groups in total. The third-order valence-electron chi connectivity index (χ3n) is 4.36. The van der Waals surface area contributed by atoms with Crippen molar-refractivity contribution < 1.29 is 14.3 Å². The van der Waals surface area contributed by atoms with Crippen molar-refractivity contribution in [3.8, 4) is 0 Å². The van der Waals surface area contributed by atoms with Crippen molar-refractivity contribution in [2.75, 3.05) is 37.0 Å². The minimum atomic E-state index is -0.429. The Morgan fingerprint density at radius 3 is 2.77 bits per heavy atom. The fourth-order valence-electron chi connectivity index (χ4n) is 2.96. The first-order valence-corrected chi connectivity index (χ1v) is 10.5. The summed E-state index contributed by atoms with van der Waals surface area (Å²) >= 11 is 3.18. The van der Waals surface area contributed by atoms with E-state index in [0.717, 1.165) is 18.1 Å². The molecule has 3 rings (SSSR count). The molecule has 1 aliphatic rings. The number of hydrogen-bond acceptors (Lipinski definition) is 6. The number of anilines is 1. The molecule has 2 aromatic rings. The van der Waals surface area contributed by atoms with Crippen molar-refractivity contribution in [1.82, 2.24) is 4.90 Å². The SMILES string of the molecule is COC(=O)c1sccc1NC(=O)CN1CCSCC1c1ccc(C)cc1. The van der Waals surface area contributed by atoms with E-state index < -0.39 is 5.97 Å². The van der Waals surface area contributed by atoms with E-state index in [0.29, 0.717) is 17.1 Å². The fraction of sp³-hybridized carbons (Fsp3) is 0.368. The van der Waals surface area contributed by atoms with E-state index in [1.54, 1.807) is 11.4 Å². The monoisotopic (exact) mass is 390 g/mol. The molecule has 0 spiro atoms. The van der Waals surface area contributed by atoms with Gasteiger partial charge in [0.15, 0.2) is 0 Å². The highest BCUT2D eigenvalue weighted by molar-refractivity contribution is 7.99. The topological polar surface area (TPSA) is 58.6 Å². The van der Waals surface area contributed by atoms with Crippen molar-refractivity contribution in [3.05, 3.63) is 51.7 Å². The molecule has 1 aromatic heterocycles. The first kappa shape index (κ1) is 18.9. The van der Waals surface area contributed by atoms with E-state index in [1.807, 2.05) is 11.8 Å². The second-order valence-electron chi connectivity index (χ2n) is 6.18. The Morgan fingerprint density at radius 2 is 2.04 bits per heavy atom. The zero-order valence-electron chi connectivity index (χ0n) is 14.9. The molecule has 1 fully saturated rings. The summed E-state index contributed by atoms with van der Waals surface area (Å²) in [6, 6.07) is 10.5. The molecule has 1 amide bonds. The number of aryl methyl sites for hydroxylation is 1. The molecule has 7 heteroatoms. The number of carbonyl (C=O) groups excluding carboxylic acids is 2. The van der Waals surface area contributed by atoms with E-state index in [-0.39, 0.29) is 11.9 Å². The number of carbonyl (C=O) groups is 2. The smallest absolute Gasteiger partial charge is 0.350 e. The molecule has 1 aromatic carbocycles. The van der Waals surface area contributed by atoms with Crippen LogP contribution in [-0.4, -0.2) is 48.5 Å². The van der Waals surface area contributed by atoms with Crippen molar-refractivity contribution in [3.63, 3.8) is 0 Å². The van der Waals surface area contributed by atoms with Gasteiger partial charge in [0.25, 0.3) is 0 Å². The molecule has 2 heterocycles. The van der Waals surface area contributed by atoms with E-state index in [2.05, 4.69) is 41.4 Å². The predicted molar refractivity (Wildman–Crippen MR) is 107 cm³/mol. The van der Waals surface area contributed by atoms with E-state index >= 15 is 0 Å². The van der Waals surface area contributed by atoms with Crippen molar-refractivity contribution in [2.24, 2.45) is 0 Å². The van der Waals surface area contributed by atoms with E-state index in [4.69, 9.17) is 4.74 Å². The second kappa shape index (κ2) is 8.70. The average molecular weight is 391 g/mol. The van der Waals surface area contributed by atoms with Gasteiger partial charge in [-0.3, -0.25) is 9.69 Å². The van der Waals surface area contributed by atoms with E-state index in [9.17, 15) is 9.59 Å². The largest absolute Gasteiger partial charge is 0.465 e. The number of nitrogens with zero attached hydrogens (tertiary/aromatic N) is 1. The molecular weight excluding hydrogens is 368 g/mol. The van der Waals surface area contributed by atoms with Crippen LogP contribution < -0.4 is 5.32 Å². The number of methoxy groups -OCH3 is 1. The predicted octanol–water partition coefficient (Wildman–Crippen LogP) is 3.57. The van der Waals surface area contributed by atoms with Gasteiger partial charge in [-0.05, 0) is 23.9 Å². The second-order valence-corrected chi connectivity index (χ2v) is 8.24. The molecule has 5 nitrogen and oxygen atoms in total. The van der Waals surface area contributed by atoms with Crippen LogP contribution in [0.5, 0.6) is 0 Å². The molecule has 0 radical (unpaired) electrons. The Kier molecular flexibility index (Phi) is 6.34. The zero-order chi connectivity index (χ0) is 18.5. The quantitative estimate of drug-likeness (QED) is 0.791. The van der Waals surface area contributed by atoms with Crippen molar-refractivity contribution in [1.29, 1.82) is 0 Å². The molecule has 1 atom stereocenters. The minimum absolute atomic E-state index is 0.113. The molecule has 0 aliphatic carbocycles. The van der Waals surface area contributed by atoms with Gasteiger partial charge in [0.2, 0.25) is 5.91 Å². The zero-order valence-corrected chi connectivity index (χ0v) is 16.5. The number of thioether (sulfide) groups is 1. The highest BCUT2D eigenvalue weighted by Crippen LogP contribution is 2.30. The molecule has 26 heavy (non-hydrogen) atoms. The van der Waals surface area contributed by atoms with Crippen LogP contribution in [0.3, 0.4) is 0 Å². The van der Waals surface area contributed by atoms with Gasteiger partial charge in [-0.2, -0.15) is 11.8 Å². The normalized spacial score (nSPS) is 17.7. The molecule has 0 saturated carbocycles. The van der Waals surface area contributed by atoms with Crippen LogP contribution >= 0.6 is 23.1 Å². The fourth-order valence-corrected chi connectivity index (χ4v) is 4.88. The Morgan fingerprint density at radius 1 is 1.27 bits per heavy atom. The summed E-state index contributed by atoms with van der Waals surface area (Å²) < 4.78 is 4.76. The number of nitrogens with one attached hydrogen (secondary N) is 1. The van der Waals surface area contributed by atoms with Crippen LogP contribution in [0.2, 0.25) is 0 Å². The van der Waals surface area contributed by atoms with Crippen molar-refractivity contribution in [2.45, 2.75) is 13.0 Å². The number of thiophene rings is 1. The van der Waals surface area contributed by atoms with Gasteiger partial charge < -0.3 is 10.1 Å². The first-order valence-electron chi connectivity index (χ1n) is 8.42. The Hall–Kier alpha value is -1.83. The molecular formula is C19H22N2O3S2. The van der Waals surface area contributed by atoms with Crippen LogP contribution in [0.4, 0.5) is 5.69 Å². The van der Waals surface area contributed by atoms with Crippen LogP contribution in [0.15, 0.2) is 35.7 Å². The number of ether oxygens (including phenoxy) is 1. The molecule has 1 aliphatic heterocycles. The van der Waals surface area contributed by atoms with Gasteiger partial charge in [0.05, 0.1) is 19.3 Å². The molecule has 138 valence electrons. The third-order valence-corrected chi connectivity index (χ3v) is 6.28. The van der Waals surface area contributed by atoms with Crippen molar-refractivity contribution >= 4 is 40.7 Å². The lowest BCUT2D eigenvalue weighted by atomic mass is 10.0. The lowest BCUT2D eigenvalue weighted by molar-refractivity contribution is -0.117. The third kappa shape index (κ3) is 4.47. The number of hydrogen-bond donors (Lipinski definition) is 1. The average Bonchev–Trinajstić information content (AvgIpc) is 3.10. The summed E-state index contributed by atoms with van der Waals surface area (Å²) in [6.07, 6.45) is 0. The molecule has 1 unspecified atom stereocenters. The number of benzene rings is 1. The van der Waals surface area contributed by atoms with Gasteiger partial charge in [-0.1, -0.05) is 29.8 Å². The molecule has 1 saturated heterocycles. The summed E-state index contributed by atoms with van der Waals surface area (Å²) in [5.74, 6) is 1.45. The van der Waals surface area contributed by atoms with Crippen LogP contribution in [0, 0.1) is 6.92 Å². The summed E-state index contributed by atoms with van der Waals surface area (Å²) in [5, 5.41) is 4.63. The number of amides is 1. The maximum atomic E-state index is 12.6. The highest BCUT2D eigenvalue weighted by atomic mass is 32.2. The lowest BCUT2D eigenvalue weighted by Gasteiger charge is -2.35. The number of esters is 1. The lowest BCUT2D eigenvalue weighted by Crippen LogP contribution is -2.41. The summed E-state index contributed by atoms with van der Waals surface area (Å²) in [5.41, 5.74) is 2.99. The standard InChI is InChI=1S/C19H22N2O3S2/c1-13-3-5-14(6-4-13)16-12-25-10-8-21(16)11-17(22)20-15-7-9-26-18(15)19(23)24-2/h3-7,9,16H,8,10-12H2,1-2H3,(H,20,22). The Balaban J connectivity index is 1.68.